The van der Waals surface area contributed by atoms with Crippen LogP contribution >= 0.6 is 22.7 Å². The van der Waals surface area contributed by atoms with Gasteiger partial charge in [-0.15, -0.1) is 22.7 Å². The highest BCUT2D eigenvalue weighted by molar-refractivity contribution is 7.27. The van der Waals surface area contributed by atoms with E-state index in [1.807, 2.05) is 11.3 Å². The van der Waals surface area contributed by atoms with E-state index in [1.165, 1.54) is 58.3 Å². The number of thiazole rings is 1. The van der Waals surface area contributed by atoms with Crippen LogP contribution in [-0.2, 0) is 0 Å². The highest BCUT2D eigenvalue weighted by Crippen LogP contribution is 2.50. The topological polar surface area (TPSA) is 16.1 Å². The smallest absolute Gasteiger partial charge is 0.124 e. The normalized spacial score (nSPS) is 11.4. The molecule has 0 unspecified atom stereocenters. The average Bonchev–Trinajstić information content (AvgIpc) is 3.84. The lowest BCUT2D eigenvalue weighted by Gasteiger charge is -2.27. The summed E-state index contributed by atoms with van der Waals surface area (Å²) in [7, 11) is 0. The molecule has 2 nitrogen and oxygen atoms in total. The van der Waals surface area contributed by atoms with E-state index < -0.39 is 0 Å². The van der Waals surface area contributed by atoms with Gasteiger partial charge in [-0.05, 0) is 69.8 Å². The molecule has 53 heavy (non-hydrogen) atoms. The first kappa shape index (κ1) is 31.4. The third kappa shape index (κ3) is 5.79. The predicted octanol–water partition coefficient (Wildman–Crippen LogP) is 14.8. The number of rotatable bonds is 7. The molecule has 0 fully saturated rings. The van der Waals surface area contributed by atoms with Crippen LogP contribution in [0.15, 0.2) is 194 Å². The summed E-state index contributed by atoms with van der Waals surface area (Å²) in [6, 6.07) is 69.7. The highest BCUT2D eigenvalue weighted by atomic mass is 32.1. The lowest BCUT2D eigenvalue weighted by molar-refractivity contribution is 1.30. The molecule has 2 aromatic heterocycles. The van der Waals surface area contributed by atoms with E-state index in [4.69, 9.17) is 4.98 Å². The Morgan fingerprint density at radius 2 is 0.792 bits per heavy atom. The number of benzene rings is 8. The molecule has 0 N–H and O–H groups in total. The maximum absolute atomic E-state index is 5.44. The zero-order valence-corrected chi connectivity index (χ0v) is 30.3. The molecule has 0 atom stereocenters. The van der Waals surface area contributed by atoms with Gasteiger partial charge < -0.3 is 4.90 Å². The van der Waals surface area contributed by atoms with Crippen molar-refractivity contribution in [3.63, 3.8) is 0 Å². The Hall–Kier alpha value is -6.33. The van der Waals surface area contributed by atoms with Gasteiger partial charge in [0.15, 0.2) is 0 Å². The first-order chi connectivity index (χ1) is 26.3. The minimum Gasteiger partial charge on any atom is -0.308 e. The molecule has 0 aliphatic carbocycles. The molecule has 0 radical (unpaired) electrons. The number of aromatic nitrogens is 1. The van der Waals surface area contributed by atoms with Gasteiger partial charge in [-0.3, -0.25) is 0 Å². The largest absolute Gasteiger partial charge is 0.308 e. The number of thiophene rings is 1. The van der Waals surface area contributed by atoms with Crippen molar-refractivity contribution in [2.75, 3.05) is 4.90 Å². The maximum Gasteiger partial charge on any atom is 0.124 e. The van der Waals surface area contributed by atoms with E-state index >= 15 is 0 Å². The van der Waals surface area contributed by atoms with Crippen molar-refractivity contribution >= 4 is 70.1 Å². The molecule has 0 aliphatic rings. The molecule has 0 saturated carbocycles. The van der Waals surface area contributed by atoms with Crippen molar-refractivity contribution in [2.45, 2.75) is 0 Å². The molecule has 10 rings (SSSR count). The molecule has 250 valence electrons. The highest BCUT2D eigenvalue weighted by Gasteiger charge is 2.24. The van der Waals surface area contributed by atoms with Gasteiger partial charge in [-0.25, -0.2) is 4.98 Å². The van der Waals surface area contributed by atoms with Gasteiger partial charge in [0.1, 0.15) is 10.5 Å². The van der Waals surface area contributed by atoms with Crippen LogP contribution in [-0.4, -0.2) is 4.98 Å². The number of hydrogen-bond donors (Lipinski definition) is 0. The fourth-order valence-corrected chi connectivity index (χ4v) is 9.54. The van der Waals surface area contributed by atoms with Crippen LogP contribution < -0.4 is 4.90 Å². The zero-order valence-electron chi connectivity index (χ0n) is 28.7. The Morgan fingerprint density at radius 1 is 0.358 bits per heavy atom. The molecular weight excluding hydrogens is 681 g/mol. The molecule has 2 heterocycles. The Balaban J connectivity index is 1.17. The third-order valence-electron chi connectivity index (χ3n) is 9.93. The van der Waals surface area contributed by atoms with E-state index in [1.54, 1.807) is 11.3 Å². The maximum atomic E-state index is 5.44. The van der Waals surface area contributed by atoms with Crippen LogP contribution in [0.25, 0.3) is 74.3 Å². The minimum absolute atomic E-state index is 1.01. The first-order valence-electron chi connectivity index (χ1n) is 17.8. The molecule has 0 spiro atoms. The van der Waals surface area contributed by atoms with Crippen LogP contribution in [0, 0.1) is 0 Å². The molecule has 8 aromatic carbocycles. The van der Waals surface area contributed by atoms with Crippen molar-refractivity contribution < 1.29 is 0 Å². The zero-order chi connectivity index (χ0) is 35.1. The van der Waals surface area contributed by atoms with Gasteiger partial charge in [-0.2, -0.15) is 0 Å². The summed E-state index contributed by atoms with van der Waals surface area (Å²) in [6.07, 6.45) is 0. The van der Waals surface area contributed by atoms with E-state index in [2.05, 4.69) is 199 Å². The van der Waals surface area contributed by atoms with Gasteiger partial charge in [0.25, 0.3) is 0 Å². The van der Waals surface area contributed by atoms with Crippen LogP contribution in [0.5, 0.6) is 0 Å². The summed E-state index contributed by atoms with van der Waals surface area (Å²) >= 11 is 3.62. The first-order valence-corrected chi connectivity index (χ1v) is 19.4. The fourth-order valence-electron chi connectivity index (χ4n) is 7.30. The monoisotopic (exact) mass is 712 g/mol. The lowest BCUT2D eigenvalue weighted by atomic mass is 10.00. The summed E-state index contributed by atoms with van der Waals surface area (Å²) < 4.78 is 3.72. The Morgan fingerprint density at radius 3 is 1.32 bits per heavy atom. The van der Waals surface area contributed by atoms with Crippen LogP contribution in [0.4, 0.5) is 17.1 Å². The summed E-state index contributed by atoms with van der Waals surface area (Å²) in [5.74, 6) is 0. The molecule has 0 saturated heterocycles. The summed E-state index contributed by atoms with van der Waals surface area (Å²) in [4.78, 5) is 7.86. The Labute approximate surface area is 316 Å². The van der Waals surface area contributed by atoms with Gasteiger partial charge in [0.05, 0.1) is 10.4 Å². The summed E-state index contributed by atoms with van der Waals surface area (Å²) in [5.41, 5.74) is 12.6. The number of anilines is 3. The van der Waals surface area contributed by atoms with Crippen LogP contribution in [0.1, 0.15) is 0 Å². The second kappa shape index (κ2) is 13.3. The molecule has 0 bridgehead atoms. The van der Waals surface area contributed by atoms with Crippen molar-refractivity contribution in [3.8, 4) is 44.0 Å². The van der Waals surface area contributed by atoms with E-state index in [0.717, 1.165) is 33.1 Å². The van der Waals surface area contributed by atoms with Crippen molar-refractivity contribution in [1.82, 2.24) is 4.98 Å². The number of fused-ring (bicyclic) bond motifs is 4. The lowest BCUT2D eigenvalue weighted by Crippen LogP contribution is -2.11. The van der Waals surface area contributed by atoms with E-state index in [-0.39, 0.29) is 0 Å². The quantitative estimate of drug-likeness (QED) is 0.164. The molecule has 4 heteroatoms. The van der Waals surface area contributed by atoms with Crippen LogP contribution in [0.3, 0.4) is 0 Å². The Kier molecular flexibility index (Phi) is 7.90. The van der Waals surface area contributed by atoms with Crippen molar-refractivity contribution in [3.05, 3.63) is 194 Å². The third-order valence-corrected chi connectivity index (χ3v) is 12.1. The molecule has 0 aliphatic heterocycles. The Bertz CT molecular complexity index is 2840. The second-order valence-electron chi connectivity index (χ2n) is 13.2. The number of hydrogen-bond acceptors (Lipinski definition) is 4. The number of nitrogens with zero attached hydrogens (tertiary/aromatic N) is 2. The standard InChI is InChI=1S/C49H32N2S2/c1-4-12-33(13-5-1)35-20-22-36(23-21-35)38-26-30-41(31-27-38)51(40-28-24-37(25-29-40)34-14-6-2-7-15-34)48-46-42-18-10-11-19-43(42)52-44(46)32-45-47(48)50-49(53-45)39-16-8-3-9-17-39/h1-32H. The van der Waals surface area contributed by atoms with E-state index in [9.17, 15) is 0 Å². The van der Waals surface area contributed by atoms with Gasteiger partial charge in [-0.1, -0.05) is 158 Å². The SMILES string of the molecule is c1ccc(-c2ccc(-c3ccc(N(c4ccc(-c5ccccc5)cc4)c4c5nc(-c6ccccc6)sc5cc5sc6ccccc6c45)cc3)cc2)cc1. The minimum atomic E-state index is 1.01. The predicted molar refractivity (Wildman–Crippen MR) is 229 cm³/mol. The second-order valence-corrected chi connectivity index (χ2v) is 15.3. The molecule has 10 aromatic rings. The molecular formula is C49H32N2S2. The van der Waals surface area contributed by atoms with Gasteiger partial charge in [0, 0.05) is 37.1 Å². The van der Waals surface area contributed by atoms with Crippen LogP contribution in [0.2, 0.25) is 0 Å². The summed E-state index contributed by atoms with van der Waals surface area (Å²) in [6.45, 7) is 0. The van der Waals surface area contributed by atoms with Crippen molar-refractivity contribution in [2.24, 2.45) is 0 Å². The molecule has 0 amide bonds. The average molecular weight is 713 g/mol. The van der Waals surface area contributed by atoms with Crippen molar-refractivity contribution in [1.29, 1.82) is 0 Å². The fraction of sp³-hybridized carbons (Fsp3) is 0. The summed E-state index contributed by atoms with van der Waals surface area (Å²) in [5, 5.41) is 3.51. The van der Waals surface area contributed by atoms with E-state index in [0.29, 0.717) is 0 Å². The van der Waals surface area contributed by atoms with Gasteiger partial charge in [0.2, 0.25) is 0 Å². The van der Waals surface area contributed by atoms with Gasteiger partial charge >= 0.3 is 0 Å².